The number of hydrogen-bond donors (Lipinski definition) is 5. The van der Waals surface area contributed by atoms with Crippen molar-refractivity contribution in [3.05, 3.63) is 28.8 Å². The van der Waals surface area contributed by atoms with Crippen molar-refractivity contribution >= 4 is 0 Å². The molecular weight excluding hydrogens is 302 g/mol. The van der Waals surface area contributed by atoms with E-state index in [9.17, 15) is 20.4 Å². The van der Waals surface area contributed by atoms with Crippen LogP contribution in [0.2, 0.25) is 0 Å². The molecule has 5 atom stereocenters. The Balaban J connectivity index is 1.79. The van der Waals surface area contributed by atoms with E-state index in [0.29, 0.717) is 5.75 Å². The van der Waals surface area contributed by atoms with Gasteiger partial charge in [-0.25, -0.2) is 0 Å². The Morgan fingerprint density at radius 1 is 1.22 bits per heavy atom. The second kappa shape index (κ2) is 6.72. The highest BCUT2D eigenvalue weighted by molar-refractivity contribution is 5.43. The summed E-state index contributed by atoms with van der Waals surface area (Å²) in [6.45, 7) is 3.24. The van der Waals surface area contributed by atoms with Gasteiger partial charge in [-0.15, -0.1) is 0 Å². The highest BCUT2D eigenvalue weighted by Gasteiger charge is 2.44. The quantitative estimate of drug-likeness (QED) is 0.476. The zero-order chi connectivity index (χ0) is 16.6. The minimum absolute atomic E-state index is 0.473. The van der Waals surface area contributed by atoms with E-state index >= 15 is 0 Å². The van der Waals surface area contributed by atoms with Gasteiger partial charge in [-0.1, -0.05) is 0 Å². The largest absolute Gasteiger partial charge is 0.462 e. The lowest BCUT2D eigenvalue weighted by molar-refractivity contribution is -0.277. The van der Waals surface area contributed by atoms with Gasteiger partial charge in [0, 0.05) is 6.54 Å². The summed E-state index contributed by atoms with van der Waals surface area (Å²) in [6, 6.07) is 3.76. The Labute approximate surface area is 134 Å². The van der Waals surface area contributed by atoms with Crippen LogP contribution >= 0.6 is 0 Å². The van der Waals surface area contributed by atoms with Crippen LogP contribution in [0.3, 0.4) is 0 Å². The molecule has 0 amide bonds. The molecule has 0 radical (unpaired) electrons. The standard InChI is InChI=1S/C16H23NO6/c1-8-4-10(5-9-2-3-17-6-11(8)9)22-16-15(21)14(20)13(19)12(7-18)23-16/h4-5,12-21H,2-3,6-7H2,1H3/t12?,13-,14+,15?,16-/m1/s1. The van der Waals surface area contributed by atoms with Crippen molar-refractivity contribution in [2.24, 2.45) is 0 Å². The fourth-order valence-electron chi connectivity index (χ4n) is 3.13. The van der Waals surface area contributed by atoms with E-state index < -0.39 is 37.3 Å². The molecule has 1 fully saturated rings. The molecule has 1 aromatic carbocycles. The van der Waals surface area contributed by atoms with Gasteiger partial charge in [0.1, 0.15) is 30.2 Å². The van der Waals surface area contributed by atoms with Crippen molar-refractivity contribution in [1.29, 1.82) is 0 Å². The third-order valence-corrected chi connectivity index (χ3v) is 4.51. The molecule has 2 aliphatic heterocycles. The van der Waals surface area contributed by atoms with Gasteiger partial charge in [0.05, 0.1) is 6.61 Å². The van der Waals surface area contributed by atoms with Crippen LogP contribution in [0.1, 0.15) is 16.7 Å². The lowest BCUT2D eigenvalue weighted by atomic mass is 9.96. The van der Waals surface area contributed by atoms with Crippen LogP contribution in [0.4, 0.5) is 0 Å². The summed E-state index contributed by atoms with van der Waals surface area (Å²) in [7, 11) is 0. The molecule has 0 aliphatic carbocycles. The van der Waals surface area contributed by atoms with Crippen LogP contribution in [-0.4, -0.2) is 64.3 Å². The average molecular weight is 325 g/mol. The molecule has 2 heterocycles. The first-order valence-corrected chi connectivity index (χ1v) is 7.81. The van der Waals surface area contributed by atoms with Gasteiger partial charge in [-0.2, -0.15) is 0 Å². The second-order valence-corrected chi connectivity index (χ2v) is 6.12. The molecule has 1 aromatic rings. The Morgan fingerprint density at radius 2 is 2.00 bits per heavy atom. The summed E-state index contributed by atoms with van der Waals surface area (Å²) in [4.78, 5) is 0. The van der Waals surface area contributed by atoms with Gasteiger partial charge in [0.15, 0.2) is 0 Å². The molecule has 3 rings (SSSR count). The first kappa shape index (κ1) is 16.6. The predicted molar refractivity (Wildman–Crippen MR) is 81.0 cm³/mol. The summed E-state index contributed by atoms with van der Waals surface area (Å²) in [5, 5.41) is 42.2. The van der Waals surface area contributed by atoms with E-state index in [1.54, 1.807) is 0 Å². The molecule has 0 bridgehead atoms. The molecule has 5 N–H and O–H groups in total. The number of aryl methyl sites for hydroxylation is 1. The Hall–Kier alpha value is -1.22. The molecule has 0 saturated carbocycles. The molecule has 1 saturated heterocycles. The molecule has 0 spiro atoms. The monoisotopic (exact) mass is 325 g/mol. The molecule has 7 nitrogen and oxygen atoms in total. The normalized spacial score (nSPS) is 34.0. The van der Waals surface area contributed by atoms with Crippen LogP contribution < -0.4 is 10.1 Å². The molecule has 0 aromatic heterocycles. The SMILES string of the molecule is Cc1cc(O[C@@H]2OC(CO)[C@@H](O)[C@H](O)C2O)cc2c1CNCC2. The van der Waals surface area contributed by atoms with Gasteiger partial charge in [0.2, 0.25) is 6.29 Å². The second-order valence-electron chi connectivity index (χ2n) is 6.12. The number of aliphatic hydroxyl groups excluding tert-OH is 4. The van der Waals surface area contributed by atoms with Gasteiger partial charge in [-0.3, -0.25) is 0 Å². The van der Waals surface area contributed by atoms with E-state index in [4.69, 9.17) is 9.47 Å². The van der Waals surface area contributed by atoms with Crippen LogP contribution in [-0.2, 0) is 17.7 Å². The first-order valence-electron chi connectivity index (χ1n) is 7.81. The molecule has 2 aliphatic rings. The van der Waals surface area contributed by atoms with E-state index in [1.165, 1.54) is 11.1 Å². The molecule has 23 heavy (non-hydrogen) atoms. The zero-order valence-corrected chi connectivity index (χ0v) is 13.0. The number of nitrogens with one attached hydrogen (secondary N) is 1. The molecule has 128 valence electrons. The predicted octanol–water partition coefficient (Wildman–Crippen LogP) is -1.18. The molecule has 2 unspecified atom stereocenters. The highest BCUT2D eigenvalue weighted by Crippen LogP contribution is 2.28. The third-order valence-electron chi connectivity index (χ3n) is 4.51. The minimum Gasteiger partial charge on any atom is -0.462 e. The van der Waals surface area contributed by atoms with E-state index in [-0.39, 0.29) is 0 Å². The topological polar surface area (TPSA) is 111 Å². The lowest BCUT2D eigenvalue weighted by Gasteiger charge is -2.39. The van der Waals surface area contributed by atoms with Gasteiger partial charge in [0.25, 0.3) is 0 Å². The number of fused-ring (bicyclic) bond motifs is 1. The first-order chi connectivity index (χ1) is 11.0. The van der Waals surface area contributed by atoms with Crippen LogP contribution in [0, 0.1) is 6.92 Å². The fraction of sp³-hybridized carbons (Fsp3) is 0.625. The van der Waals surface area contributed by atoms with Crippen molar-refractivity contribution in [3.63, 3.8) is 0 Å². The van der Waals surface area contributed by atoms with Crippen molar-refractivity contribution in [2.75, 3.05) is 13.2 Å². The zero-order valence-electron chi connectivity index (χ0n) is 13.0. The van der Waals surface area contributed by atoms with Crippen LogP contribution in [0.15, 0.2) is 12.1 Å². The van der Waals surface area contributed by atoms with Gasteiger partial charge < -0.3 is 35.2 Å². The maximum absolute atomic E-state index is 10.0. The number of hydrogen-bond acceptors (Lipinski definition) is 7. The van der Waals surface area contributed by atoms with Gasteiger partial charge >= 0.3 is 0 Å². The van der Waals surface area contributed by atoms with Crippen LogP contribution in [0.5, 0.6) is 5.75 Å². The van der Waals surface area contributed by atoms with Crippen molar-refractivity contribution in [3.8, 4) is 5.75 Å². The number of benzene rings is 1. The summed E-state index contributed by atoms with van der Waals surface area (Å²) >= 11 is 0. The Kier molecular flexibility index (Phi) is 4.86. The summed E-state index contributed by atoms with van der Waals surface area (Å²) in [5.41, 5.74) is 3.51. The maximum atomic E-state index is 10.0. The Morgan fingerprint density at radius 3 is 2.74 bits per heavy atom. The fourth-order valence-corrected chi connectivity index (χ4v) is 3.13. The Bertz CT molecular complexity index is 564. The number of aliphatic hydroxyl groups is 4. The highest BCUT2D eigenvalue weighted by atomic mass is 16.7. The van der Waals surface area contributed by atoms with E-state index in [1.807, 2.05) is 19.1 Å². The lowest BCUT2D eigenvalue weighted by Crippen LogP contribution is -2.60. The van der Waals surface area contributed by atoms with Gasteiger partial charge in [-0.05, 0) is 48.7 Å². The summed E-state index contributed by atoms with van der Waals surface area (Å²) < 4.78 is 11.1. The maximum Gasteiger partial charge on any atom is 0.229 e. The van der Waals surface area contributed by atoms with E-state index in [2.05, 4.69) is 5.32 Å². The smallest absolute Gasteiger partial charge is 0.229 e. The summed E-state index contributed by atoms with van der Waals surface area (Å²) in [6.07, 6.45) is -5.45. The average Bonchev–Trinajstić information content (AvgIpc) is 2.55. The van der Waals surface area contributed by atoms with Crippen molar-refractivity contribution in [1.82, 2.24) is 5.32 Å². The van der Waals surface area contributed by atoms with Crippen molar-refractivity contribution in [2.45, 2.75) is 50.6 Å². The number of ether oxygens (including phenoxy) is 2. The minimum atomic E-state index is -1.44. The summed E-state index contributed by atoms with van der Waals surface area (Å²) in [5.74, 6) is 0.535. The third kappa shape index (κ3) is 3.21. The number of rotatable bonds is 3. The van der Waals surface area contributed by atoms with E-state index in [0.717, 1.165) is 25.1 Å². The molecule has 7 heteroatoms. The van der Waals surface area contributed by atoms with Crippen LogP contribution in [0.25, 0.3) is 0 Å². The molecular formula is C16H23NO6. The van der Waals surface area contributed by atoms with Crippen molar-refractivity contribution < 1.29 is 29.9 Å².